The molecule has 0 saturated heterocycles. The average Bonchev–Trinajstić information content (AvgIpc) is 3.05. The van der Waals surface area contributed by atoms with E-state index in [9.17, 15) is 14.4 Å². The lowest BCUT2D eigenvalue weighted by molar-refractivity contribution is -0.162. The molecule has 3 rings (SSSR count). The summed E-state index contributed by atoms with van der Waals surface area (Å²) < 4.78 is 10.5. The average molecular weight is 333 g/mol. The van der Waals surface area contributed by atoms with Crippen LogP contribution in [0.3, 0.4) is 0 Å². The van der Waals surface area contributed by atoms with Crippen molar-refractivity contribution in [3.63, 3.8) is 0 Å². The van der Waals surface area contributed by atoms with Crippen LogP contribution >= 0.6 is 0 Å². The van der Waals surface area contributed by atoms with Crippen LogP contribution in [0.1, 0.15) is 44.8 Å². The van der Waals surface area contributed by atoms with Crippen LogP contribution in [-0.4, -0.2) is 23.8 Å². The molecule has 0 aliphatic heterocycles. The molecule has 6 heteroatoms. The maximum absolute atomic E-state index is 12.4. The number of rotatable bonds is 5. The molecule has 2 fully saturated rings. The number of Topliss-reactive ketones (excluding diaryl/α,β-unsaturated/α-hetero) is 1. The lowest BCUT2D eigenvalue weighted by Crippen LogP contribution is -2.42. The van der Waals surface area contributed by atoms with Gasteiger partial charge in [0, 0.05) is 11.8 Å². The number of hydrogen-bond acceptors (Lipinski definition) is 5. The van der Waals surface area contributed by atoms with Gasteiger partial charge in [-0.15, -0.1) is 0 Å². The van der Waals surface area contributed by atoms with E-state index in [0.717, 1.165) is 19.3 Å². The van der Waals surface area contributed by atoms with Gasteiger partial charge in [0.25, 0.3) is 5.91 Å². The van der Waals surface area contributed by atoms with Crippen molar-refractivity contribution < 1.29 is 23.5 Å². The number of carbonyl (C=O) groups is 3. The maximum Gasteiger partial charge on any atom is 0.309 e. The molecule has 0 spiro atoms. The van der Waals surface area contributed by atoms with Gasteiger partial charge in [-0.25, -0.2) is 0 Å². The third-order valence-electron chi connectivity index (χ3n) is 5.06. The van der Waals surface area contributed by atoms with E-state index in [4.69, 9.17) is 9.15 Å². The second kappa shape index (κ2) is 7.20. The zero-order valence-corrected chi connectivity index (χ0v) is 13.8. The number of amides is 1. The Morgan fingerprint density at radius 2 is 2.04 bits per heavy atom. The Balaban J connectivity index is 1.48. The molecule has 4 atom stereocenters. The van der Waals surface area contributed by atoms with Crippen molar-refractivity contribution in [1.82, 2.24) is 5.32 Å². The molecule has 6 nitrogen and oxygen atoms in total. The summed E-state index contributed by atoms with van der Waals surface area (Å²) in [5.41, 5.74) is 0. The summed E-state index contributed by atoms with van der Waals surface area (Å²) >= 11 is 0. The molecule has 1 aromatic rings. The quantitative estimate of drug-likeness (QED) is 0.835. The summed E-state index contributed by atoms with van der Waals surface area (Å²) in [4.78, 5) is 36.5. The van der Waals surface area contributed by atoms with Crippen LogP contribution in [0, 0.1) is 17.8 Å². The fourth-order valence-corrected chi connectivity index (χ4v) is 3.73. The molecular weight excluding hydrogens is 310 g/mol. The predicted octanol–water partition coefficient (Wildman–Crippen LogP) is 2.22. The lowest BCUT2D eigenvalue weighted by atomic mass is 9.67. The van der Waals surface area contributed by atoms with Crippen LogP contribution in [-0.2, 0) is 25.7 Å². The second-order valence-electron chi connectivity index (χ2n) is 6.77. The number of esters is 1. The highest BCUT2D eigenvalue weighted by Crippen LogP contribution is 2.40. The Morgan fingerprint density at radius 1 is 1.33 bits per heavy atom. The van der Waals surface area contributed by atoms with E-state index in [1.807, 2.05) is 0 Å². The first-order valence-corrected chi connectivity index (χ1v) is 8.59. The molecule has 1 N–H and O–H groups in total. The highest BCUT2D eigenvalue weighted by molar-refractivity contribution is 5.88. The first-order valence-electron chi connectivity index (χ1n) is 8.59. The van der Waals surface area contributed by atoms with Gasteiger partial charge < -0.3 is 14.5 Å². The zero-order valence-electron chi connectivity index (χ0n) is 13.8. The van der Waals surface area contributed by atoms with Crippen molar-refractivity contribution in [1.29, 1.82) is 0 Å². The first-order chi connectivity index (χ1) is 11.5. The molecule has 0 aromatic carbocycles. The van der Waals surface area contributed by atoms with Crippen molar-refractivity contribution in [2.45, 2.75) is 51.7 Å². The topological polar surface area (TPSA) is 85.6 Å². The molecule has 1 heterocycles. The largest absolute Gasteiger partial charge is 0.467 e. The van der Waals surface area contributed by atoms with Crippen molar-refractivity contribution >= 4 is 17.7 Å². The fraction of sp³-hybridized carbons (Fsp3) is 0.611. The van der Waals surface area contributed by atoms with Crippen molar-refractivity contribution in [3.8, 4) is 0 Å². The fourth-order valence-electron chi connectivity index (χ4n) is 3.73. The minimum Gasteiger partial charge on any atom is -0.467 e. The Morgan fingerprint density at radius 3 is 2.67 bits per heavy atom. The highest BCUT2D eigenvalue weighted by Gasteiger charge is 2.42. The van der Waals surface area contributed by atoms with Gasteiger partial charge in [-0.3, -0.25) is 14.4 Å². The third kappa shape index (κ3) is 3.68. The number of furan rings is 1. The van der Waals surface area contributed by atoms with Crippen LogP contribution in [0.25, 0.3) is 0 Å². The van der Waals surface area contributed by atoms with E-state index in [2.05, 4.69) is 5.32 Å². The molecule has 1 aromatic heterocycles. The Hall–Kier alpha value is -2.11. The lowest BCUT2D eigenvalue weighted by Gasteiger charge is -2.36. The molecule has 24 heavy (non-hydrogen) atoms. The molecule has 2 saturated carbocycles. The van der Waals surface area contributed by atoms with E-state index >= 15 is 0 Å². The minimum atomic E-state index is -0.857. The molecule has 1 amide bonds. The summed E-state index contributed by atoms with van der Waals surface area (Å²) in [7, 11) is 0. The Labute approximate surface area is 140 Å². The molecule has 130 valence electrons. The van der Waals surface area contributed by atoms with E-state index in [1.54, 1.807) is 19.1 Å². The van der Waals surface area contributed by atoms with Crippen molar-refractivity contribution in [2.75, 3.05) is 0 Å². The van der Waals surface area contributed by atoms with Gasteiger partial charge in [-0.2, -0.15) is 0 Å². The normalized spacial score (nSPS) is 27.4. The number of fused-ring (bicyclic) bond motifs is 2. The van der Waals surface area contributed by atoms with Gasteiger partial charge in [0.05, 0.1) is 18.7 Å². The van der Waals surface area contributed by atoms with Crippen molar-refractivity contribution in [3.05, 3.63) is 24.2 Å². The van der Waals surface area contributed by atoms with Gasteiger partial charge >= 0.3 is 5.97 Å². The molecule has 0 radical (unpaired) electrons. The van der Waals surface area contributed by atoms with Gasteiger partial charge in [0.1, 0.15) is 11.5 Å². The predicted molar refractivity (Wildman–Crippen MR) is 84.7 cm³/mol. The summed E-state index contributed by atoms with van der Waals surface area (Å²) in [5, 5.41) is 2.68. The first kappa shape index (κ1) is 16.7. The van der Waals surface area contributed by atoms with E-state index in [1.165, 1.54) is 6.26 Å². The maximum atomic E-state index is 12.4. The standard InChI is InChI=1S/C18H23NO5/c1-11(17(21)19-10-15-6-3-7-23-15)24-18(22)14-8-12-4-2-5-13(9-14)16(12)20/h3,6-7,11-14H,2,4-5,8-10H2,1H3,(H,19,21)/t11-,12-,13+,14?/m0/s1. The Kier molecular flexibility index (Phi) is 5.02. The van der Waals surface area contributed by atoms with Crippen LogP contribution in [0.15, 0.2) is 22.8 Å². The molecule has 2 bridgehead atoms. The number of nitrogens with one attached hydrogen (secondary N) is 1. The van der Waals surface area contributed by atoms with Gasteiger partial charge in [-0.05, 0) is 44.7 Å². The van der Waals surface area contributed by atoms with Gasteiger partial charge in [0.2, 0.25) is 0 Å². The number of carbonyl (C=O) groups excluding carboxylic acids is 3. The molecule has 2 aliphatic carbocycles. The second-order valence-corrected chi connectivity index (χ2v) is 6.77. The van der Waals surface area contributed by atoms with Crippen LogP contribution in [0.5, 0.6) is 0 Å². The summed E-state index contributed by atoms with van der Waals surface area (Å²) in [5.74, 6) is -0.0310. The van der Waals surface area contributed by atoms with Crippen LogP contribution < -0.4 is 5.32 Å². The van der Waals surface area contributed by atoms with Crippen LogP contribution in [0.4, 0.5) is 0 Å². The van der Waals surface area contributed by atoms with Crippen LogP contribution in [0.2, 0.25) is 0 Å². The van der Waals surface area contributed by atoms with Gasteiger partial charge in [-0.1, -0.05) is 6.42 Å². The Bertz CT molecular complexity index is 593. The monoisotopic (exact) mass is 333 g/mol. The summed E-state index contributed by atoms with van der Waals surface area (Å²) in [6.45, 7) is 1.82. The zero-order chi connectivity index (χ0) is 17.1. The van der Waals surface area contributed by atoms with E-state index in [-0.39, 0.29) is 36.2 Å². The SMILES string of the molecule is C[C@H](OC(=O)C1C[C@H]2CCC[C@@H](C1)C2=O)C(=O)NCc1ccco1. The molecule has 2 aliphatic rings. The third-order valence-corrected chi connectivity index (χ3v) is 5.06. The van der Waals surface area contributed by atoms with E-state index in [0.29, 0.717) is 24.4 Å². The van der Waals surface area contributed by atoms with Gasteiger partial charge in [0.15, 0.2) is 6.10 Å². The smallest absolute Gasteiger partial charge is 0.309 e. The summed E-state index contributed by atoms with van der Waals surface area (Å²) in [6.07, 6.45) is 4.62. The van der Waals surface area contributed by atoms with Crippen molar-refractivity contribution in [2.24, 2.45) is 17.8 Å². The highest BCUT2D eigenvalue weighted by atomic mass is 16.5. The summed E-state index contributed by atoms with van der Waals surface area (Å²) in [6, 6.07) is 3.50. The molecular formula is C18H23NO5. The number of ketones is 1. The minimum absolute atomic E-state index is 0.00173. The van der Waals surface area contributed by atoms with E-state index < -0.39 is 6.10 Å². The molecule has 1 unspecified atom stereocenters. The number of hydrogen-bond donors (Lipinski definition) is 1. The number of ether oxygens (including phenoxy) is 1.